The summed E-state index contributed by atoms with van der Waals surface area (Å²) >= 11 is 0. The van der Waals surface area contributed by atoms with E-state index in [1.54, 1.807) is 35.2 Å². The van der Waals surface area contributed by atoms with Crippen LogP contribution < -0.4 is 9.47 Å². The molecule has 0 bridgehead atoms. The maximum atomic E-state index is 13.1. The number of methoxy groups -OCH3 is 1. The van der Waals surface area contributed by atoms with Crippen molar-refractivity contribution >= 4 is 11.8 Å². The molecule has 3 aromatic rings. The molecule has 0 radical (unpaired) electrons. The molecule has 0 unspecified atom stereocenters. The summed E-state index contributed by atoms with van der Waals surface area (Å²) in [6, 6.07) is 20.2. The first-order valence-corrected chi connectivity index (χ1v) is 10.5. The Balaban J connectivity index is 1.37. The monoisotopic (exact) mass is 431 g/mol. The van der Waals surface area contributed by atoms with Crippen LogP contribution in [-0.4, -0.2) is 59.9 Å². The molecule has 2 amide bonds. The molecule has 0 aliphatic carbocycles. The van der Waals surface area contributed by atoms with E-state index in [2.05, 4.69) is 4.98 Å². The van der Waals surface area contributed by atoms with Gasteiger partial charge < -0.3 is 19.3 Å². The molecular weight excluding hydrogens is 406 g/mol. The molecule has 1 aromatic heterocycles. The number of pyridine rings is 1. The average molecular weight is 431 g/mol. The fourth-order valence-electron chi connectivity index (χ4n) is 3.63. The van der Waals surface area contributed by atoms with Gasteiger partial charge in [-0.2, -0.15) is 0 Å². The number of aromatic nitrogens is 1. The van der Waals surface area contributed by atoms with Crippen LogP contribution in [0, 0.1) is 0 Å². The topological polar surface area (TPSA) is 72.0 Å². The predicted molar refractivity (Wildman–Crippen MR) is 120 cm³/mol. The fourth-order valence-corrected chi connectivity index (χ4v) is 3.63. The van der Waals surface area contributed by atoms with Gasteiger partial charge in [-0.05, 0) is 42.0 Å². The first kappa shape index (κ1) is 21.4. The van der Waals surface area contributed by atoms with Gasteiger partial charge in [0.15, 0.2) is 0 Å². The molecule has 1 fully saturated rings. The highest BCUT2D eigenvalue weighted by atomic mass is 16.5. The summed E-state index contributed by atoms with van der Waals surface area (Å²) in [7, 11) is 1.61. The second kappa shape index (κ2) is 9.96. The number of amides is 2. The molecule has 1 aliphatic rings. The Morgan fingerprint density at radius 3 is 2.34 bits per heavy atom. The van der Waals surface area contributed by atoms with Crippen LogP contribution in [0.2, 0.25) is 0 Å². The van der Waals surface area contributed by atoms with E-state index in [-0.39, 0.29) is 17.7 Å². The lowest BCUT2D eigenvalue weighted by atomic mass is 10.1. The summed E-state index contributed by atoms with van der Waals surface area (Å²) < 4.78 is 11.1. The molecule has 0 atom stereocenters. The van der Waals surface area contributed by atoms with E-state index in [4.69, 9.17) is 9.47 Å². The summed E-state index contributed by atoms with van der Waals surface area (Å²) in [5.74, 6) is 1.52. The van der Waals surface area contributed by atoms with Crippen molar-refractivity contribution in [1.82, 2.24) is 14.8 Å². The third kappa shape index (κ3) is 5.06. The molecular formula is C25H25N3O4. The van der Waals surface area contributed by atoms with Gasteiger partial charge in [0, 0.05) is 32.4 Å². The lowest BCUT2D eigenvalue weighted by Gasteiger charge is -2.35. The average Bonchev–Trinajstić information content (AvgIpc) is 2.85. The molecule has 7 heteroatoms. The Morgan fingerprint density at radius 2 is 1.59 bits per heavy atom. The van der Waals surface area contributed by atoms with E-state index in [0.29, 0.717) is 43.9 Å². The normalized spacial score (nSPS) is 13.5. The summed E-state index contributed by atoms with van der Waals surface area (Å²) in [6.45, 7) is 1.90. The van der Waals surface area contributed by atoms with Crippen LogP contribution in [0.4, 0.5) is 0 Å². The molecule has 1 saturated heterocycles. The molecule has 2 heterocycles. The lowest BCUT2D eigenvalue weighted by molar-refractivity contribution is -0.131. The van der Waals surface area contributed by atoms with Gasteiger partial charge in [-0.3, -0.25) is 9.59 Å². The lowest BCUT2D eigenvalue weighted by Crippen LogP contribution is -2.51. The number of rotatable bonds is 6. The molecule has 0 N–H and O–H groups in total. The standard InChI is InChI=1S/C25H25N3O4/c1-31-21-10-5-7-19(17-21)18-23(29)27-13-15-28(16-14-27)25(30)22-11-6-12-26-24(22)32-20-8-3-2-4-9-20/h2-12,17H,13-16,18H2,1H3. The minimum atomic E-state index is -0.149. The van der Waals surface area contributed by atoms with Gasteiger partial charge in [0.25, 0.3) is 5.91 Å². The highest BCUT2D eigenvalue weighted by Crippen LogP contribution is 2.24. The number of para-hydroxylation sites is 1. The molecule has 1 aliphatic heterocycles. The van der Waals surface area contributed by atoms with Crippen molar-refractivity contribution in [3.05, 3.63) is 84.1 Å². The Morgan fingerprint density at radius 1 is 0.875 bits per heavy atom. The second-order valence-electron chi connectivity index (χ2n) is 7.47. The molecule has 32 heavy (non-hydrogen) atoms. The zero-order valence-electron chi connectivity index (χ0n) is 17.9. The second-order valence-corrected chi connectivity index (χ2v) is 7.47. The van der Waals surface area contributed by atoms with Crippen molar-refractivity contribution in [2.45, 2.75) is 6.42 Å². The predicted octanol–water partition coefficient (Wildman–Crippen LogP) is 3.41. The van der Waals surface area contributed by atoms with Crippen LogP contribution in [0.15, 0.2) is 72.9 Å². The Kier molecular flexibility index (Phi) is 6.65. The van der Waals surface area contributed by atoms with Gasteiger partial charge in [0.05, 0.1) is 13.5 Å². The van der Waals surface area contributed by atoms with Gasteiger partial charge in [-0.15, -0.1) is 0 Å². The van der Waals surface area contributed by atoms with Crippen LogP contribution in [0.5, 0.6) is 17.4 Å². The number of carbonyl (C=O) groups is 2. The Labute approximate surface area is 187 Å². The summed E-state index contributed by atoms with van der Waals surface area (Å²) in [4.78, 5) is 33.6. The van der Waals surface area contributed by atoms with Crippen LogP contribution in [0.25, 0.3) is 0 Å². The summed E-state index contributed by atoms with van der Waals surface area (Å²) in [5, 5.41) is 0. The third-order valence-electron chi connectivity index (χ3n) is 5.37. The highest BCUT2D eigenvalue weighted by Gasteiger charge is 2.27. The maximum absolute atomic E-state index is 13.1. The fraction of sp³-hybridized carbons (Fsp3) is 0.240. The van der Waals surface area contributed by atoms with Gasteiger partial charge in [0.2, 0.25) is 11.8 Å². The van der Waals surface area contributed by atoms with Gasteiger partial charge in [-0.25, -0.2) is 4.98 Å². The van der Waals surface area contributed by atoms with E-state index in [1.165, 1.54) is 0 Å². The van der Waals surface area contributed by atoms with Crippen molar-refractivity contribution in [2.24, 2.45) is 0 Å². The first-order chi connectivity index (χ1) is 15.6. The number of hydrogen-bond donors (Lipinski definition) is 0. The number of ether oxygens (including phenoxy) is 2. The molecule has 164 valence electrons. The minimum Gasteiger partial charge on any atom is -0.497 e. The summed E-state index contributed by atoms with van der Waals surface area (Å²) in [5.41, 5.74) is 1.32. The highest BCUT2D eigenvalue weighted by molar-refractivity contribution is 5.96. The van der Waals surface area contributed by atoms with Crippen LogP contribution in [-0.2, 0) is 11.2 Å². The zero-order chi connectivity index (χ0) is 22.3. The summed E-state index contributed by atoms with van der Waals surface area (Å²) in [6.07, 6.45) is 1.91. The third-order valence-corrected chi connectivity index (χ3v) is 5.37. The number of hydrogen-bond acceptors (Lipinski definition) is 5. The number of benzene rings is 2. The van der Waals surface area contributed by atoms with Crippen molar-refractivity contribution in [3.8, 4) is 17.4 Å². The maximum Gasteiger partial charge on any atom is 0.259 e. The van der Waals surface area contributed by atoms with Crippen molar-refractivity contribution in [3.63, 3.8) is 0 Å². The number of carbonyl (C=O) groups excluding carboxylic acids is 2. The smallest absolute Gasteiger partial charge is 0.259 e. The van der Waals surface area contributed by atoms with Gasteiger partial charge >= 0.3 is 0 Å². The van der Waals surface area contributed by atoms with E-state index >= 15 is 0 Å². The molecule has 2 aromatic carbocycles. The Hall–Kier alpha value is -3.87. The van der Waals surface area contributed by atoms with E-state index in [9.17, 15) is 9.59 Å². The molecule has 4 rings (SSSR count). The van der Waals surface area contributed by atoms with E-state index in [1.807, 2.05) is 54.6 Å². The van der Waals surface area contributed by atoms with Crippen LogP contribution in [0.1, 0.15) is 15.9 Å². The molecule has 0 spiro atoms. The van der Waals surface area contributed by atoms with Crippen molar-refractivity contribution in [1.29, 1.82) is 0 Å². The number of nitrogens with zero attached hydrogens (tertiary/aromatic N) is 3. The van der Waals surface area contributed by atoms with Crippen LogP contribution in [0.3, 0.4) is 0 Å². The van der Waals surface area contributed by atoms with Gasteiger partial charge in [0.1, 0.15) is 17.1 Å². The van der Waals surface area contributed by atoms with Crippen LogP contribution >= 0.6 is 0 Å². The first-order valence-electron chi connectivity index (χ1n) is 10.5. The number of piperazine rings is 1. The molecule has 0 saturated carbocycles. The Bertz CT molecular complexity index is 1080. The SMILES string of the molecule is COc1cccc(CC(=O)N2CCN(C(=O)c3cccnc3Oc3ccccc3)CC2)c1. The quantitative estimate of drug-likeness (QED) is 0.598. The van der Waals surface area contributed by atoms with E-state index in [0.717, 1.165) is 11.3 Å². The minimum absolute atomic E-state index is 0.0415. The van der Waals surface area contributed by atoms with E-state index < -0.39 is 0 Å². The molecule has 7 nitrogen and oxygen atoms in total. The van der Waals surface area contributed by atoms with Gasteiger partial charge in [-0.1, -0.05) is 30.3 Å². The van der Waals surface area contributed by atoms with Crippen molar-refractivity contribution in [2.75, 3.05) is 33.3 Å². The van der Waals surface area contributed by atoms with Crippen molar-refractivity contribution < 1.29 is 19.1 Å². The largest absolute Gasteiger partial charge is 0.497 e. The zero-order valence-corrected chi connectivity index (χ0v) is 17.9.